The summed E-state index contributed by atoms with van der Waals surface area (Å²) in [5.41, 5.74) is 0.312. The van der Waals surface area contributed by atoms with Gasteiger partial charge in [0, 0.05) is 19.6 Å². The molecule has 0 aromatic carbocycles. The zero-order valence-electron chi connectivity index (χ0n) is 13.9. The number of hydrogen-bond acceptors (Lipinski definition) is 6. The van der Waals surface area contributed by atoms with Crippen molar-refractivity contribution in [3.63, 3.8) is 0 Å². The molecule has 1 atom stereocenters. The summed E-state index contributed by atoms with van der Waals surface area (Å²) in [6.45, 7) is 8.24. The number of carbonyl (C=O) groups excluding carboxylic acids is 1. The third kappa shape index (κ3) is 5.69. The molecule has 2 N–H and O–H groups in total. The third-order valence-electron chi connectivity index (χ3n) is 3.35. The lowest BCUT2D eigenvalue weighted by atomic mass is 10.2. The van der Waals surface area contributed by atoms with E-state index in [9.17, 15) is 9.90 Å². The Morgan fingerprint density at radius 2 is 2.30 bits per heavy atom. The van der Waals surface area contributed by atoms with Crippen molar-refractivity contribution in [3.05, 3.63) is 24.0 Å². The highest BCUT2D eigenvalue weighted by Crippen LogP contribution is 2.14. The molecule has 1 amide bonds. The molecule has 23 heavy (non-hydrogen) atoms. The van der Waals surface area contributed by atoms with Gasteiger partial charge in [0.15, 0.2) is 0 Å². The molecular weight excluding hydrogens is 298 g/mol. The van der Waals surface area contributed by atoms with Gasteiger partial charge in [0.05, 0.1) is 31.1 Å². The predicted octanol–water partition coefficient (Wildman–Crippen LogP) is 1.51. The third-order valence-corrected chi connectivity index (χ3v) is 3.35. The summed E-state index contributed by atoms with van der Waals surface area (Å²) in [7, 11) is 0. The van der Waals surface area contributed by atoms with Gasteiger partial charge in [0.25, 0.3) is 0 Å². The minimum atomic E-state index is -0.511. The van der Waals surface area contributed by atoms with Crippen molar-refractivity contribution in [2.75, 3.05) is 26.3 Å². The van der Waals surface area contributed by atoms with Crippen LogP contribution >= 0.6 is 0 Å². The van der Waals surface area contributed by atoms with Crippen molar-refractivity contribution in [1.29, 1.82) is 0 Å². The topological polar surface area (TPSA) is 83.9 Å². The lowest BCUT2D eigenvalue weighted by molar-refractivity contribution is -0.0317. The number of nitrogens with one attached hydrogen (secondary N) is 1. The number of amides is 1. The van der Waals surface area contributed by atoms with E-state index in [0.29, 0.717) is 32.8 Å². The molecule has 0 saturated carbocycles. The fourth-order valence-electron chi connectivity index (χ4n) is 2.27. The minimum Gasteiger partial charge on any atom is -0.506 e. The van der Waals surface area contributed by atoms with Crippen LogP contribution in [0.3, 0.4) is 0 Å². The van der Waals surface area contributed by atoms with Gasteiger partial charge in [-0.1, -0.05) is 0 Å². The molecule has 0 radical (unpaired) electrons. The minimum absolute atomic E-state index is 0.0734. The lowest BCUT2D eigenvalue weighted by Gasteiger charge is -2.36. The Bertz CT molecular complexity index is 513. The van der Waals surface area contributed by atoms with E-state index >= 15 is 0 Å². The molecule has 0 aliphatic carbocycles. The number of rotatable bonds is 4. The Morgan fingerprint density at radius 3 is 2.96 bits per heavy atom. The Labute approximate surface area is 136 Å². The van der Waals surface area contributed by atoms with Gasteiger partial charge in [-0.25, -0.2) is 4.79 Å². The largest absolute Gasteiger partial charge is 0.506 e. The molecule has 128 valence electrons. The van der Waals surface area contributed by atoms with E-state index in [2.05, 4.69) is 10.3 Å². The quantitative estimate of drug-likeness (QED) is 0.874. The molecule has 1 aliphatic rings. The van der Waals surface area contributed by atoms with Crippen LogP contribution in [0.25, 0.3) is 0 Å². The standard InChI is InChI=1S/C16H25N3O4/c1-16(2,3)23-15(21)19-6-7-22-11-13(19)9-17-8-12-4-5-14(20)10-18-12/h4-5,10,13,17,20H,6-9,11H2,1-3H3. The summed E-state index contributed by atoms with van der Waals surface area (Å²) in [4.78, 5) is 18.1. The summed E-state index contributed by atoms with van der Waals surface area (Å²) in [5, 5.41) is 12.5. The molecule has 0 bridgehead atoms. The van der Waals surface area contributed by atoms with Crippen molar-refractivity contribution in [2.24, 2.45) is 0 Å². The van der Waals surface area contributed by atoms with E-state index in [0.717, 1.165) is 5.69 Å². The fourth-order valence-corrected chi connectivity index (χ4v) is 2.27. The summed E-state index contributed by atoms with van der Waals surface area (Å²) >= 11 is 0. The first-order valence-electron chi connectivity index (χ1n) is 7.77. The van der Waals surface area contributed by atoms with Crippen LogP contribution < -0.4 is 5.32 Å². The zero-order valence-corrected chi connectivity index (χ0v) is 13.9. The number of pyridine rings is 1. The first-order valence-corrected chi connectivity index (χ1v) is 7.77. The second-order valence-electron chi connectivity index (χ2n) is 6.54. The normalized spacial score (nSPS) is 18.7. The van der Waals surface area contributed by atoms with E-state index < -0.39 is 5.60 Å². The van der Waals surface area contributed by atoms with Gasteiger partial charge < -0.3 is 19.9 Å². The Kier molecular flexibility index (Phi) is 5.79. The number of aromatic nitrogens is 1. The molecule has 1 fully saturated rings. The highest BCUT2D eigenvalue weighted by atomic mass is 16.6. The van der Waals surface area contributed by atoms with Gasteiger partial charge in [-0.15, -0.1) is 0 Å². The Morgan fingerprint density at radius 1 is 1.52 bits per heavy atom. The van der Waals surface area contributed by atoms with E-state index in [1.165, 1.54) is 6.20 Å². The Balaban J connectivity index is 1.86. The molecule has 7 nitrogen and oxygen atoms in total. The zero-order chi connectivity index (χ0) is 16.9. The van der Waals surface area contributed by atoms with Crippen LogP contribution in [0.5, 0.6) is 5.75 Å². The summed E-state index contributed by atoms with van der Waals surface area (Å²) < 4.78 is 10.9. The van der Waals surface area contributed by atoms with Crippen LogP contribution in [0.2, 0.25) is 0 Å². The lowest BCUT2D eigenvalue weighted by Crippen LogP contribution is -2.54. The summed E-state index contributed by atoms with van der Waals surface area (Å²) in [6, 6.07) is 3.28. The molecule has 1 aromatic heterocycles. The number of hydrogen-bond donors (Lipinski definition) is 2. The van der Waals surface area contributed by atoms with Crippen molar-refractivity contribution in [2.45, 2.75) is 39.0 Å². The van der Waals surface area contributed by atoms with E-state index in [4.69, 9.17) is 9.47 Å². The average Bonchev–Trinajstić information content (AvgIpc) is 2.48. The summed E-state index contributed by atoms with van der Waals surface area (Å²) in [5.74, 6) is 0.144. The number of aromatic hydroxyl groups is 1. The second kappa shape index (κ2) is 7.61. The van der Waals surface area contributed by atoms with Gasteiger partial charge in [0.2, 0.25) is 0 Å². The molecule has 1 saturated heterocycles. The number of nitrogens with zero attached hydrogens (tertiary/aromatic N) is 2. The van der Waals surface area contributed by atoms with Crippen LogP contribution in [0.1, 0.15) is 26.5 Å². The molecule has 2 rings (SSSR count). The second-order valence-corrected chi connectivity index (χ2v) is 6.54. The maximum Gasteiger partial charge on any atom is 0.410 e. The monoisotopic (exact) mass is 323 g/mol. The highest BCUT2D eigenvalue weighted by Gasteiger charge is 2.30. The molecule has 1 aromatic rings. The molecule has 7 heteroatoms. The van der Waals surface area contributed by atoms with Gasteiger partial charge in [-0.05, 0) is 32.9 Å². The van der Waals surface area contributed by atoms with Crippen LogP contribution in [-0.4, -0.2) is 59.0 Å². The average molecular weight is 323 g/mol. The molecule has 2 heterocycles. The van der Waals surface area contributed by atoms with Gasteiger partial charge in [0.1, 0.15) is 11.4 Å². The molecule has 1 aliphatic heterocycles. The number of carbonyl (C=O) groups is 1. The fraction of sp³-hybridized carbons (Fsp3) is 0.625. The predicted molar refractivity (Wildman–Crippen MR) is 85.2 cm³/mol. The van der Waals surface area contributed by atoms with Gasteiger partial charge in [-0.2, -0.15) is 0 Å². The van der Waals surface area contributed by atoms with Crippen LogP contribution in [0, 0.1) is 0 Å². The van der Waals surface area contributed by atoms with Crippen LogP contribution in [-0.2, 0) is 16.0 Å². The maximum absolute atomic E-state index is 12.3. The van der Waals surface area contributed by atoms with Crippen LogP contribution in [0.15, 0.2) is 18.3 Å². The van der Waals surface area contributed by atoms with Crippen molar-refractivity contribution >= 4 is 6.09 Å². The Hall–Kier alpha value is -1.86. The van der Waals surface area contributed by atoms with E-state index in [1.54, 1.807) is 17.0 Å². The van der Waals surface area contributed by atoms with Crippen molar-refractivity contribution in [3.8, 4) is 5.75 Å². The van der Waals surface area contributed by atoms with Crippen molar-refractivity contribution in [1.82, 2.24) is 15.2 Å². The number of ether oxygens (including phenoxy) is 2. The number of morpholine rings is 1. The first kappa shape index (κ1) is 17.5. The highest BCUT2D eigenvalue weighted by molar-refractivity contribution is 5.68. The SMILES string of the molecule is CC(C)(C)OC(=O)N1CCOCC1CNCc1ccc(O)cn1. The molecule has 0 spiro atoms. The van der Waals surface area contributed by atoms with Crippen molar-refractivity contribution < 1.29 is 19.4 Å². The van der Waals surface area contributed by atoms with E-state index in [1.807, 2.05) is 20.8 Å². The van der Waals surface area contributed by atoms with Crippen LogP contribution in [0.4, 0.5) is 4.79 Å². The maximum atomic E-state index is 12.3. The van der Waals surface area contributed by atoms with Gasteiger partial charge >= 0.3 is 6.09 Å². The first-order chi connectivity index (χ1) is 10.8. The van der Waals surface area contributed by atoms with E-state index in [-0.39, 0.29) is 17.9 Å². The molecule has 1 unspecified atom stereocenters. The molecular formula is C16H25N3O4. The summed E-state index contributed by atoms with van der Waals surface area (Å²) in [6.07, 6.45) is 1.10. The van der Waals surface area contributed by atoms with Gasteiger partial charge in [-0.3, -0.25) is 9.88 Å². The smallest absolute Gasteiger partial charge is 0.410 e.